The third-order valence-electron chi connectivity index (χ3n) is 2.89. The van der Waals surface area contributed by atoms with E-state index in [1.807, 2.05) is 0 Å². The Labute approximate surface area is 176 Å². The molecule has 25 heavy (non-hydrogen) atoms. The van der Waals surface area contributed by atoms with Gasteiger partial charge in [-0.05, 0) is 6.92 Å². The van der Waals surface area contributed by atoms with Crippen molar-refractivity contribution in [3.05, 3.63) is 19.1 Å². The standard InChI is InChI=1S/C12H25.C5H8O2.Na.H2O4S/c1-3-5-7-9-11-12-10-8-6-4-2;1-4(2)5(6)7-3;;1-5(2,3)4/h1,3-12H2,2H3;1H2,2-3H3;;(H2,1,2,3,4)/q-1;;+1;. The van der Waals surface area contributed by atoms with Crippen molar-refractivity contribution in [3.63, 3.8) is 0 Å². The monoisotopic (exact) mass is 390 g/mol. The molecule has 0 fully saturated rings. The van der Waals surface area contributed by atoms with E-state index in [9.17, 15) is 4.79 Å². The van der Waals surface area contributed by atoms with Crippen molar-refractivity contribution in [2.45, 2.75) is 78.1 Å². The molecule has 6 nitrogen and oxygen atoms in total. The number of rotatable bonds is 10. The van der Waals surface area contributed by atoms with Crippen molar-refractivity contribution < 1.29 is 56.6 Å². The Hall–Kier alpha value is 0.0800. The van der Waals surface area contributed by atoms with Crippen LogP contribution in [0.5, 0.6) is 0 Å². The van der Waals surface area contributed by atoms with E-state index in [0.717, 1.165) is 6.42 Å². The summed E-state index contributed by atoms with van der Waals surface area (Å²) in [4.78, 5) is 10.2. The van der Waals surface area contributed by atoms with E-state index in [1.54, 1.807) is 6.92 Å². The second kappa shape index (κ2) is 24.1. The number of carbonyl (C=O) groups excluding carboxylic acids is 1. The number of methoxy groups -OCH3 is 1. The zero-order valence-electron chi connectivity index (χ0n) is 16.4. The molecule has 0 aromatic carbocycles. The van der Waals surface area contributed by atoms with Gasteiger partial charge >= 0.3 is 45.9 Å². The Morgan fingerprint density at radius 2 is 1.32 bits per heavy atom. The average molecular weight is 391 g/mol. The van der Waals surface area contributed by atoms with Gasteiger partial charge in [-0.15, -0.1) is 0 Å². The van der Waals surface area contributed by atoms with Gasteiger partial charge in [-0.2, -0.15) is 14.8 Å². The maximum absolute atomic E-state index is 10.2. The molecule has 0 spiro atoms. The number of unbranched alkanes of at least 4 members (excludes halogenated alkanes) is 9. The molecule has 0 atom stereocenters. The molecule has 2 N–H and O–H groups in total. The van der Waals surface area contributed by atoms with Crippen LogP contribution in [0.25, 0.3) is 0 Å². The van der Waals surface area contributed by atoms with Crippen LogP contribution in [-0.4, -0.2) is 30.6 Å². The van der Waals surface area contributed by atoms with Crippen molar-refractivity contribution in [3.8, 4) is 0 Å². The molecule has 0 saturated heterocycles. The number of hydrogen-bond donors (Lipinski definition) is 2. The van der Waals surface area contributed by atoms with Crippen LogP contribution in [0.2, 0.25) is 0 Å². The van der Waals surface area contributed by atoms with Gasteiger partial charge in [0.15, 0.2) is 0 Å². The molecule has 146 valence electrons. The van der Waals surface area contributed by atoms with Gasteiger partial charge in [-0.3, -0.25) is 9.11 Å². The third kappa shape index (κ3) is 51.6. The van der Waals surface area contributed by atoms with E-state index in [2.05, 4.69) is 25.2 Å². The zero-order valence-corrected chi connectivity index (χ0v) is 19.2. The molecule has 0 bridgehead atoms. The molecule has 0 unspecified atom stereocenters. The van der Waals surface area contributed by atoms with E-state index in [4.69, 9.17) is 17.5 Å². The minimum atomic E-state index is -4.67. The van der Waals surface area contributed by atoms with Gasteiger partial charge in [0.05, 0.1) is 7.11 Å². The Morgan fingerprint density at radius 3 is 1.52 bits per heavy atom. The summed E-state index contributed by atoms with van der Waals surface area (Å²) >= 11 is 0. The normalized spacial score (nSPS) is 9.52. The van der Waals surface area contributed by atoms with Gasteiger partial charge in [-0.25, -0.2) is 4.79 Å². The summed E-state index contributed by atoms with van der Waals surface area (Å²) in [6, 6.07) is 0. The van der Waals surface area contributed by atoms with Gasteiger partial charge in [-0.1, -0.05) is 71.3 Å². The van der Waals surface area contributed by atoms with Crippen LogP contribution in [0.4, 0.5) is 0 Å². The molecule has 8 heteroatoms. The topological polar surface area (TPSA) is 101 Å². The van der Waals surface area contributed by atoms with Crippen LogP contribution >= 0.6 is 0 Å². The quantitative estimate of drug-likeness (QED) is 0.147. The molecule has 0 heterocycles. The Balaban J connectivity index is -0.000000145. The minimum absolute atomic E-state index is 0. The third-order valence-corrected chi connectivity index (χ3v) is 2.89. The number of esters is 1. The van der Waals surface area contributed by atoms with Gasteiger partial charge in [0.1, 0.15) is 0 Å². The summed E-state index contributed by atoms with van der Waals surface area (Å²) in [6.45, 7) is 11.1. The van der Waals surface area contributed by atoms with Crippen LogP contribution < -0.4 is 29.6 Å². The van der Waals surface area contributed by atoms with Crippen molar-refractivity contribution >= 4 is 16.4 Å². The van der Waals surface area contributed by atoms with Crippen molar-refractivity contribution in [2.24, 2.45) is 0 Å². The fourth-order valence-electron chi connectivity index (χ4n) is 1.66. The van der Waals surface area contributed by atoms with Crippen molar-refractivity contribution in [1.29, 1.82) is 0 Å². The minimum Gasteiger partial charge on any atom is -0.466 e. The molecule has 0 aromatic rings. The summed E-state index contributed by atoms with van der Waals surface area (Å²) in [5.74, 6) is -0.347. The molecule has 0 aliphatic heterocycles. The van der Waals surface area contributed by atoms with Gasteiger partial charge in [0.25, 0.3) is 0 Å². The smallest absolute Gasteiger partial charge is 0.466 e. The van der Waals surface area contributed by atoms with E-state index in [0.29, 0.717) is 5.57 Å². The first-order valence-corrected chi connectivity index (χ1v) is 9.72. The molecule has 0 aromatic heterocycles. The van der Waals surface area contributed by atoms with Crippen LogP contribution in [0.15, 0.2) is 12.2 Å². The number of hydrogen-bond acceptors (Lipinski definition) is 4. The van der Waals surface area contributed by atoms with E-state index >= 15 is 0 Å². The van der Waals surface area contributed by atoms with Gasteiger partial charge in [0.2, 0.25) is 0 Å². The van der Waals surface area contributed by atoms with Crippen LogP contribution in [0, 0.1) is 6.92 Å². The summed E-state index contributed by atoms with van der Waals surface area (Å²) < 4.78 is 35.9. The summed E-state index contributed by atoms with van der Waals surface area (Å²) in [7, 11) is -3.34. The summed E-state index contributed by atoms with van der Waals surface area (Å²) in [5.41, 5.74) is 0.433. The number of carbonyl (C=O) groups is 1. The molecular weight excluding hydrogens is 355 g/mol. The maximum atomic E-state index is 10.2. The Kier molecular flexibility index (Phi) is 31.5. The maximum Gasteiger partial charge on any atom is 1.00 e. The predicted molar refractivity (Wildman–Crippen MR) is 98.2 cm³/mol. The largest absolute Gasteiger partial charge is 1.00 e. The van der Waals surface area contributed by atoms with E-state index < -0.39 is 10.4 Å². The molecule has 0 aliphatic carbocycles. The zero-order chi connectivity index (χ0) is 19.4. The summed E-state index contributed by atoms with van der Waals surface area (Å²) in [5, 5.41) is 0. The van der Waals surface area contributed by atoms with Crippen LogP contribution in [0.1, 0.15) is 78.1 Å². The fraction of sp³-hybridized carbons (Fsp3) is 0.765. The molecule has 0 radical (unpaired) electrons. The number of ether oxygens (including phenoxy) is 1. The molecular formula is C17H35NaO6S. The SMILES string of the molecule is C=C(C)C(=O)OC.O=S(=O)(O)O.[CH2-]CCCCCCCCCCC.[Na+]. The molecule has 0 saturated carbocycles. The Bertz CT molecular complexity index is 378. The van der Waals surface area contributed by atoms with Crippen LogP contribution in [-0.2, 0) is 19.9 Å². The first-order valence-electron chi connectivity index (χ1n) is 8.33. The van der Waals surface area contributed by atoms with Gasteiger partial charge < -0.3 is 11.7 Å². The summed E-state index contributed by atoms with van der Waals surface area (Å²) in [6.07, 6.45) is 13.9. The fourth-order valence-corrected chi connectivity index (χ4v) is 1.66. The van der Waals surface area contributed by atoms with Crippen LogP contribution in [0.3, 0.4) is 0 Å². The van der Waals surface area contributed by atoms with Crippen molar-refractivity contribution in [2.75, 3.05) is 7.11 Å². The van der Waals surface area contributed by atoms with E-state index in [1.165, 1.54) is 64.9 Å². The average Bonchev–Trinajstić information content (AvgIpc) is 2.48. The molecule has 0 rings (SSSR count). The second-order valence-electron chi connectivity index (χ2n) is 5.40. The van der Waals surface area contributed by atoms with Gasteiger partial charge in [0, 0.05) is 5.57 Å². The van der Waals surface area contributed by atoms with E-state index in [-0.39, 0.29) is 35.5 Å². The Morgan fingerprint density at radius 1 is 1.00 bits per heavy atom. The predicted octanol–water partition coefficient (Wildman–Crippen LogP) is 1.83. The molecule has 0 aliphatic rings. The van der Waals surface area contributed by atoms with Crippen molar-refractivity contribution in [1.82, 2.24) is 0 Å². The second-order valence-corrected chi connectivity index (χ2v) is 6.30. The first-order chi connectivity index (χ1) is 11.1. The molecule has 0 amide bonds. The first kappa shape index (κ1) is 32.7.